The standard InChI is InChI=1S/C23H16OS2/c24-21(23-20(14-16-26-23)18-9-5-2-6-10-18)11-12-22-19(13-15-25-22)17-7-3-1-4-8-17/h1-16H/b12-11+. The first-order valence-electron chi connectivity index (χ1n) is 8.31. The second kappa shape index (κ2) is 7.65. The lowest BCUT2D eigenvalue weighted by atomic mass is 10.0. The summed E-state index contributed by atoms with van der Waals surface area (Å²) in [6.45, 7) is 0. The summed E-state index contributed by atoms with van der Waals surface area (Å²) >= 11 is 3.14. The van der Waals surface area contributed by atoms with Crippen LogP contribution in [0.2, 0.25) is 0 Å². The van der Waals surface area contributed by atoms with E-state index in [-0.39, 0.29) is 5.78 Å². The average Bonchev–Trinajstić information content (AvgIpc) is 3.37. The monoisotopic (exact) mass is 372 g/mol. The lowest BCUT2D eigenvalue weighted by molar-refractivity contribution is 0.105. The van der Waals surface area contributed by atoms with Crippen LogP contribution < -0.4 is 0 Å². The summed E-state index contributed by atoms with van der Waals surface area (Å²) in [5, 5.41) is 4.04. The van der Waals surface area contributed by atoms with Crippen molar-refractivity contribution in [1.29, 1.82) is 0 Å². The van der Waals surface area contributed by atoms with E-state index >= 15 is 0 Å². The van der Waals surface area contributed by atoms with E-state index in [9.17, 15) is 4.79 Å². The largest absolute Gasteiger partial charge is 0.288 e. The molecule has 4 rings (SSSR count). The van der Waals surface area contributed by atoms with Crippen LogP contribution in [0, 0.1) is 0 Å². The van der Waals surface area contributed by atoms with Gasteiger partial charge in [0.2, 0.25) is 0 Å². The van der Waals surface area contributed by atoms with Crippen LogP contribution in [0.3, 0.4) is 0 Å². The quantitative estimate of drug-likeness (QED) is 0.271. The average molecular weight is 373 g/mol. The molecule has 0 radical (unpaired) electrons. The molecule has 0 bridgehead atoms. The fourth-order valence-electron chi connectivity index (χ4n) is 2.88. The molecule has 1 nitrogen and oxygen atoms in total. The van der Waals surface area contributed by atoms with Crippen molar-refractivity contribution in [3.05, 3.63) is 99.4 Å². The maximum Gasteiger partial charge on any atom is 0.196 e. The van der Waals surface area contributed by atoms with Gasteiger partial charge in [0.15, 0.2) is 5.78 Å². The lowest BCUT2D eigenvalue weighted by Crippen LogP contribution is -1.92. The van der Waals surface area contributed by atoms with Crippen LogP contribution >= 0.6 is 22.7 Å². The summed E-state index contributed by atoms with van der Waals surface area (Å²) in [5.74, 6) is 0.0475. The van der Waals surface area contributed by atoms with Crippen LogP contribution in [0.15, 0.2) is 89.6 Å². The van der Waals surface area contributed by atoms with Gasteiger partial charge in [-0.25, -0.2) is 0 Å². The molecule has 2 heterocycles. The Morgan fingerprint density at radius 3 is 1.96 bits per heavy atom. The number of benzene rings is 2. The first kappa shape index (κ1) is 16.7. The number of ketones is 1. The number of rotatable bonds is 5. The zero-order valence-electron chi connectivity index (χ0n) is 14.0. The van der Waals surface area contributed by atoms with Crippen molar-refractivity contribution < 1.29 is 4.79 Å². The smallest absolute Gasteiger partial charge is 0.196 e. The molecule has 0 atom stereocenters. The van der Waals surface area contributed by atoms with Gasteiger partial charge in [-0.2, -0.15) is 0 Å². The van der Waals surface area contributed by atoms with Crippen LogP contribution in [0.25, 0.3) is 28.3 Å². The number of hydrogen-bond donors (Lipinski definition) is 0. The van der Waals surface area contributed by atoms with Gasteiger partial charge in [0, 0.05) is 10.4 Å². The highest BCUT2D eigenvalue weighted by atomic mass is 32.1. The van der Waals surface area contributed by atoms with E-state index in [0.29, 0.717) is 0 Å². The molecule has 0 aliphatic carbocycles. The number of allylic oxidation sites excluding steroid dienone is 1. The summed E-state index contributed by atoms with van der Waals surface area (Å²) in [4.78, 5) is 14.7. The maximum absolute atomic E-state index is 12.8. The van der Waals surface area contributed by atoms with E-state index in [1.165, 1.54) is 16.9 Å². The molecule has 126 valence electrons. The van der Waals surface area contributed by atoms with E-state index in [1.54, 1.807) is 17.4 Å². The molecule has 0 amide bonds. The van der Waals surface area contributed by atoms with Crippen molar-refractivity contribution in [1.82, 2.24) is 0 Å². The second-order valence-corrected chi connectivity index (χ2v) is 7.66. The Labute approximate surface area is 160 Å². The highest BCUT2D eigenvalue weighted by Gasteiger charge is 2.12. The van der Waals surface area contributed by atoms with Gasteiger partial charge in [-0.05, 0) is 51.7 Å². The van der Waals surface area contributed by atoms with Crippen molar-refractivity contribution in [3.8, 4) is 22.3 Å². The first-order valence-corrected chi connectivity index (χ1v) is 10.1. The van der Waals surface area contributed by atoms with Gasteiger partial charge < -0.3 is 0 Å². The molecule has 0 unspecified atom stereocenters. The number of carbonyl (C=O) groups is 1. The molecule has 0 aliphatic rings. The molecule has 2 aromatic heterocycles. The third-order valence-corrected chi connectivity index (χ3v) is 5.95. The minimum absolute atomic E-state index is 0.0475. The zero-order valence-corrected chi connectivity index (χ0v) is 15.6. The normalized spacial score (nSPS) is 11.1. The molecular weight excluding hydrogens is 356 g/mol. The molecule has 0 saturated carbocycles. The highest BCUT2D eigenvalue weighted by molar-refractivity contribution is 7.13. The molecule has 4 aromatic rings. The van der Waals surface area contributed by atoms with E-state index < -0.39 is 0 Å². The van der Waals surface area contributed by atoms with Gasteiger partial charge in [0.05, 0.1) is 4.88 Å². The van der Waals surface area contributed by atoms with Crippen molar-refractivity contribution in [2.24, 2.45) is 0 Å². The van der Waals surface area contributed by atoms with Gasteiger partial charge in [0.1, 0.15) is 0 Å². The third kappa shape index (κ3) is 3.45. The minimum Gasteiger partial charge on any atom is -0.288 e. The summed E-state index contributed by atoms with van der Waals surface area (Å²) in [6, 6.07) is 24.4. The van der Waals surface area contributed by atoms with Crippen LogP contribution in [-0.2, 0) is 0 Å². The Kier molecular flexibility index (Phi) is 4.91. The first-order chi connectivity index (χ1) is 12.8. The van der Waals surface area contributed by atoms with E-state index in [4.69, 9.17) is 0 Å². The van der Waals surface area contributed by atoms with Gasteiger partial charge in [-0.3, -0.25) is 4.79 Å². The fourth-order valence-corrected chi connectivity index (χ4v) is 4.53. The van der Waals surface area contributed by atoms with Gasteiger partial charge in [-0.1, -0.05) is 60.7 Å². The van der Waals surface area contributed by atoms with Gasteiger partial charge in [-0.15, -0.1) is 22.7 Å². The van der Waals surface area contributed by atoms with Crippen LogP contribution in [0.1, 0.15) is 14.5 Å². The van der Waals surface area contributed by atoms with Gasteiger partial charge >= 0.3 is 0 Å². The SMILES string of the molecule is O=C(/C=C/c1sccc1-c1ccccc1)c1sccc1-c1ccccc1. The third-order valence-electron chi connectivity index (χ3n) is 4.14. The molecule has 0 fully saturated rings. The van der Waals surface area contributed by atoms with Crippen molar-refractivity contribution in [3.63, 3.8) is 0 Å². The molecule has 3 heteroatoms. The number of hydrogen-bond acceptors (Lipinski definition) is 3. The van der Waals surface area contributed by atoms with E-state index in [1.807, 2.05) is 66.1 Å². The summed E-state index contributed by atoms with van der Waals surface area (Å²) in [7, 11) is 0. The number of carbonyl (C=O) groups excluding carboxylic acids is 1. The summed E-state index contributed by atoms with van der Waals surface area (Å²) < 4.78 is 0. The lowest BCUT2D eigenvalue weighted by Gasteiger charge is -2.02. The Morgan fingerprint density at radius 2 is 1.27 bits per heavy atom. The molecular formula is C23H16OS2. The Balaban J connectivity index is 1.61. The summed E-state index contributed by atoms with van der Waals surface area (Å²) in [6.07, 6.45) is 3.63. The zero-order chi connectivity index (χ0) is 17.8. The van der Waals surface area contributed by atoms with Gasteiger partial charge in [0.25, 0.3) is 0 Å². The topological polar surface area (TPSA) is 17.1 Å². The molecule has 2 aromatic carbocycles. The van der Waals surface area contributed by atoms with Crippen molar-refractivity contribution in [2.45, 2.75) is 0 Å². The van der Waals surface area contributed by atoms with E-state index in [2.05, 4.69) is 23.6 Å². The molecule has 0 aliphatic heterocycles. The highest BCUT2D eigenvalue weighted by Crippen LogP contribution is 2.31. The van der Waals surface area contributed by atoms with Crippen LogP contribution in [0.4, 0.5) is 0 Å². The Morgan fingerprint density at radius 1 is 0.692 bits per heavy atom. The predicted molar refractivity (Wildman–Crippen MR) is 113 cm³/mol. The van der Waals surface area contributed by atoms with Crippen molar-refractivity contribution >= 4 is 34.5 Å². The minimum atomic E-state index is 0.0475. The molecule has 0 N–H and O–H groups in total. The Bertz CT molecular complexity index is 1040. The van der Waals surface area contributed by atoms with E-state index in [0.717, 1.165) is 26.4 Å². The number of thiophene rings is 2. The van der Waals surface area contributed by atoms with Crippen LogP contribution in [-0.4, -0.2) is 5.78 Å². The molecule has 26 heavy (non-hydrogen) atoms. The second-order valence-electron chi connectivity index (χ2n) is 5.79. The van der Waals surface area contributed by atoms with Crippen molar-refractivity contribution in [2.75, 3.05) is 0 Å². The summed E-state index contributed by atoms with van der Waals surface area (Å²) in [5.41, 5.74) is 4.40. The molecule has 0 spiro atoms. The maximum atomic E-state index is 12.8. The Hall–Kier alpha value is -2.75. The fraction of sp³-hybridized carbons (Fsp3) is 0. The molecule has 0 saturated heterocycles. The van der Waals surface area contributed by atoms with Crippen LogP contribution in [0.5, 0.6) is 0 Å². The predicted octanol–water partition coefficient (Wildman–Crippen LogP) is 7.04.